The van der Waals surface area contributed by atoms with Gasteiger partial charge in [-0.1, -0.05) is 39.3 Å². The van der Waals surface area contributed by atoms with E-state index in [0.29, 0.717) is 5.56 Å². The lowest BCUT2D eigenvalue weighted by Gasteiger charge is -1.99. The molecule has 0 fully saturated rings. The molecule has 0 aliphatic heterocycles. The first kappa shape index (κ1) is 15.8. The average molecular weight is 291 g/mol. The van der Waals surface area contributed by atoms with Gasteiger partial charge in [-0.25, -0.2) is 4.68 Å². The van der Waals surface area contributed by atoms with Gasteiger partial charge in [0.25, 0.3) is 0 Å². The van der Waals surface area contributed by atoms with Crippen molar-refractivity contribution in [2.45, 2.75) is 33.6 Å². The first-order valence-corrected chi connectivity index (χ1v) is 7.79. The smallest absolute Gasteiger partial charge is 0.0991 e. The van der Waals surface area contributed by atoms with Crippen molar-refractivity contribution in [3.05, 3.63) is 59.8 Å². The Bertz CT molecular complexity index is 777. The maximum absolute atomic E-state index is 8.82. The highest BCUT2D eigenvalue weighted by molar-refractivity contribution is 5.79. The van der Waals surface area contributed by atoms with Crippen LogP contribution in [0.1, 0.15) is 38.3 Å². The lowest BCUT2D eigenvalue weighted by atomic mass is 10.1. The van der Waals surface area contributed by atoms with Crippen LogP contribution in [-0.4, -0.2) is 9.78 Å². The minimum atomic E-state index is 0.663. The third-order valence-electron chi connectivity index (χ3n) is 3.37. The van der Waals surface area contributed by atoms with Crippen LogP contribution in [0.2, 0.25) is 0 Å². The summed E-state index contributed by atoms with van der Waals surface area (Å²) in [4.78, 5) is 0. The zero-order chi connectivity index (χ0) is 15.9. The summed E-state index contributed by atoms with van der Waals surface area (Å²) in [5.41, 5.74) is 3.97. The van der Waals surface area contributed by atoms with Crippen molar-refractivity contribution in [1.82, 2.24) is 9.78 Å². The Balaban J connectivity index is 0.000000847. The van der Waals surface area contributed by atoms with Gasteiger partial charge in [-0.15, -0.1) is 0 Å². The van der Waals surface area contributed by atoms with E-state index in [-0.39, 0.29) is 0 Å². The first-order chi connectivity index (χ1) is 10.8. The van der Waals surface area contributed by atoms with Crippen molar-refractivity contribution >= 4 is 10.9 Å². The second-order valence-electron chi connectivity index (χ2n) is 4.88. The molecule has 3 heteroatoms. The molecule has 0 aliphatic carbocycles. The third kappa shape index (κ3) is 3.35. The molecule has 0 unspecified atom stereocenters. The van der Waals surface area contributed by atoms with Crippen molar-refractivity contribution in [3.63, 3.8) is 0 Å². The van der Waals surface area contributed by atoms with E-state index < -0.39 is 0 Å². The molecule has 0 saturated carbocycles. The highest BCUT2D eigenvalue weighted by Gasteiger charge is 2.04. The topological polar surface area (TPSA) is 41.6 Å². The average Bonchev–Trinajstić information content (AvgIpc) is 3.00. The Morgan fingerprint density at radius 2 is 1.82 bits per heavy atom. The van der Waals surface area contributed by atoms with Gasteiger partial charge in [-0.3, -0.25) is 0 Å². The van der Waals surface area contributed by atoms with E-state index in [9.17, 15) is 0 Å². The van der Waals surface area contributed by atoms with Gasteiger partial charge in [0.1, 0.15) is 0 Å². The molecule has 112 valence electrons. The Kier molecular flexibility index (Phi) is 5.32. The summed E-state index contributed by atoms with van der Waals surface area (Å²) in [5, 5.41) is 14.6. The number of hydrogen-bond acceptors (Lipinski definition) is 2. The molecule has 0 aliphatic rings. The number of nitrogens with zero attached hydrogens (tertiary/aromatic N) is 3. The molecular formula is C19H21N3. The molecule has 1 aromatic heterocycles. The van der Waals surface area contributed by atoms with Gasteiger partial charge < -0.3 is 0 Å². The highest BCUT2D eigenvalue weighted by atomic mass is 15.3. The lowest BCUT2D eigenvalue weighted by Crippen LogP contribution is -1.93. The fraction of sp³-hybridized carbons (Fsp3) is 0.263. The van der Waals surface area contributed by atoms with Crippen molar-refractivity contribution in [2.75, 3.05) is 0 Å². The van der Waals surface area contributed by atoms with E-state index in [1.165, 1.54) is 5.56 Å². The summed E-state index contributed by atoms with van der Waals surface area (Å²) < 4.78 is 1.86. The number of aromatic nitrogens is 2. The number of rotatable bonds is 3. The molecule has 0 saturated heterocycles. The number of benzene rings is 2. The van der Waals surface area contributed by atoms with Crippen LogP contribution in [0, 0.1) is 11.3 Å². The molecule has 2 aromatic carbocycles. The molecule has 0 bridgehead atoms. The van der Waals surface area contributed by atoms with Crippen LogP contribution in [0.3, 0.4) is 0 Å². The van der Waals surface area contributed by atoms with Crippen LogP contribution in [0.15, 0.2) is 48.7 Å². The van der Waals surface area contributed by atoms with Gasteiger partial charge in [0.15, 0.2) is 0 Å². The molecule has 0 N–H and O–H groups in total. The maximum Gasteiger partial charge on any atom is 0.0991 e. The minimum absolute atomic E-state index is 0.663. The van der Waals surface area contributed by atoms with Crippen LogP contribution in [-0.2, 0) is 6.42 Å². The van der Waals surface area contributed by atoms with Crippen molar-refractivity contribution in [2.24, 2.45) is 0 Å². The van der Waals surface area contributed by atoms with Gasteiger partial charge in [0, 0.05) is 11.6 Å². The molecule has 3 aromatic rings. The third-order valence-corrected chi connectivity index (χ3v) is 3.37. The van der Waals surface area contributed by atoms with E-state index in [1.54, 1.807) is 0 Å². The minimum Gasteiger partial charge on any atom is -0.240 e. The van der Waals surface area contributed by atoms with Crippen LogP contribution < -0.4 is 0 Å². The maximum atomic E-state index is 8.82. The second kappa shape index (κ2) is 7.42. The number of fused-ring (bicyclic) bond motifs is 1. The lowest BCUT2D eigenvalue weighted by molar-refractivity contribution is 0.893. The van der Waals surface area contributed by atoms with Gasteiger partial charge in [0.2, 0.25) is 0 Å². The van der Waals surface area contributed by atoms with Crippen molar-refractivity contribution < 1.29 is 0 Å². The molecule has 3 rings (SSSR count). The number of aryl methyl sites for hydroxylation is 1. The van der Waals surface area contributed by atoms with E-state index in [2.05, 4.69) is 36.3 Å². The summed E-state index contributed by atoms with van der Waals surface area (Å²) in [6.07, 6.45) is 4.24. The van der Waals surface area contributed by atoms with Gasteiger partial charge in [0.05, 0.1) is 22.8 Å². The van der Waals surface area contributed by atoms with Crippen molar-refractivity contribution in [3.8, 4) is 11.8 Å². The first-order valence-electron chi connectivity index (χ1n) is 7.79. The van der Waals surface area contributed by atoms with Crippen LogP contribution in [0.4, 0.5) is 0 Å². The van der Waals surface area contributed by atoms with E-state index in [4.69, 9.17) is 5.26 Å². The Hall–Kier alpha value is -2.60. The number of hydrogen-bond donors (Lipinski definition) is 0. The monoisotopic (exact) mass is 291 g/mol. The molecule has 0 radical (unpaired) electrons. The van der Waals surface area contributed by atoms with Gasteiger partial charge >= 0.3 is 0 Å². The number of nitriles is 1. The highest BCUT2D eigenvalue weighted by Crippen LogP contribution is 2.18. The molecule has 1 heterocycles. The van der Waals surface area contributed by atoms with E-state index in [0.717, 1.165) is 29.4 Å². The van der Waals surface area contributed by atoms with Crippen LogP contribution in [0.5, 0.6) is 0 Å². The Morgan fingerprint density at radius 1 is 1.09 bits per heavy atom. The van der Waals surface area contributed by atoms with Crippen LogP contribution >= 0.6 is 0 Å². The summed E-state index contributed by atoms with van der Waals surface area (Å²) in [6.45, 7) is 6.18. The second-order valence-corrected chi connectivity index (χ2v) is 4.88. The predicted molar refractivity (Wildman–Crippen MR) is 91.1 cm³/mol. The Morgan fingerprint density at radius 3 is 2.45 bits per heavy atom. The van der Waals surface area contributed by atoms with Crippen molar-refractivity contribution in [1.29, 1.82) is 5.26 Å². The normalized spacial score (nSPS) is 9.91. The fourth-order valence-electron chi connectivity index (χ4n) is 2.33. The molecular weight excluding hydrogens is 270 g/mol. The van der Waals surface area contributed by atoms with Gasteiger partial charge in [-0.05, 0) is 42.3 Å². The molecule has 22 heavy (non-hydrogen) atoms. The largest absolute Gasteiger partial charge is 0.240 e. The summed E-state index contributed by atoms with van der Waals surface area (Å²) in [7, 11) is 0. The quantitative estimate of drug-likeness (QED) is 0.690. The van der Waals surface area contributed by atoms with E-state index in [1.807, 2.05) is 49.0 Å². The molecule has 0 amide bonds. The SMILES string of the molecule is CC.CCCc1ccc2cn(-c3ccc(C#N)cc3)nc2c1. The molecule has 0 spiro atoms. The summed E-state index contributed by atoms with van der Waals surface area (Å²) in [6, 6.07) is 16.0. The zero-order valence-electron chi connectivity index (χ0n) is 13.4. The standard InChI is InChI=1S/C17H15N3.C2H6/c1-2-3-13-4-7-15-12-20(19-17(15)10-13)16-8-5-14(11-18)6-9-16;1-2/h4-10,12H,2-3H2,1H3;1-2H3. The summed E-state index contributed by atoms with van der Waals surface area (Å²) in [5.74, 6) is 0. The van der Waals surface area contributed by atoms with Crippen LogP contribution in [0.25, 0.3) is 16.6 Å². The predicted octanol–water partition coefficient (Wildman–Crippen LogP) is 4.88. The zero-order valence-corrected chi connectivity index (χ0v) is 13.4. The molecule has 0 atom stereocenters. The fourth-order valence-corrected chi connectivity index (χ4v) is 2.33. The Labute approximate surface area is 131 Å². The molecule has 3 nitrogen and oxygen atoms in total. The van der Waals surface area contributed by atoms with Gasteiger partial charge in [-0.2, -0.15) is 10.4 Å². The van der Waals surface area contributed by atoms with E-state index >= 15 is 0 Å². The summed E-state index contributed by atoms with van der Waals surface area (Å²) >= 11 is 0.